The Kier molecular flexibility index (Phi) is 4.37. The summed E-state index contributed by atoms with van der Waals surface area (Å²) in [7, 11) is 3.95. The zero-order valence-electron chi connectivity index (χ0n) is 11.5. The van der Waals surface area contributed by atoms with Gasteiger partial charge in [0.15, 0.2) is 0 Å². The van der Waals surface area contributed by atoms with Gasteiger partial charge in [-0.05, 0) is 20.0 Å². The van der Waals surface area contributed by atoms with Gasteiger partial charge >= 0.3 is 0 Å². The normalized spacial score (nSPS) is 20.8. The number of nitrogens with zero attached hydrogens (tertiary/aromatic N) is 2. The lowest BCUT2D eigenvalue weighted by Gasteiger charge is -2.42. The van der Waals surface area contributed by atoms with Crippen molar-refractivity contribution in [1.82, 2.24) is 15.1 Å². The Morgan fingerprint density at radius 3 is 2.78 bits per heavy atom. The second-order valence-corrected chi connectivity index (χ2v) is 4.71. The highest BCUT2D eigenvalue weighted by atomic mass is 16.5. The molecule has 2 rings (SSSR count). The molecule has 0 bridgehead atoms. The van der Waals surface area contributed by atoms with Gasteiger partial charge in [-0.1, -0.05) is 0 Å². The first-order valence-electron chi connectivity index (χ1n) is 6.60. The number of rotatable bonds is 5. The minimum absolute atomic E-state index is 0.147. The van der Waals surface area contributed by atoms with Crippen LogP contribution in [0.5, 0.6) is 0 Å². The molecular formula is C13H23N3O2. The van der Waals surface area contributed by atoms with Crippen molar-refractivity contribution in [2.45, 2.75) is 31.4 Å². The van der Waals surface area contributed by atoms with Crippen molar-refractivity contribution in [3.05, 3.63) is 18.0 Å². The van der Waals surface area contributed by atoms with E-state index in [4.69, 9.17) is 9.47 Å². The molecule has 1 N–H and O–H groups in total. The lowest BCUT2D eigenvalue weighted by molar-refractivity contribution is -0.128. The lowest BCUT2D eigenvalue weighted by Crippen LogP contribution is -2.49. The number of aryl methyl sites for hydroxylation is 1. The van der Waals surface area contributed by atoms with Crippen LogP contribution in [0.25, 0.3) is 0 Å². The molecule has 5 nitrogen and oxygen atoms in total. The summed E-state index contributed by atoms with van der Waals surface area (Å²) in [6, 6.07) is 2.20. The van der Waals surface area contributed by atoms with Crippen molar-refractivity contribution in [1.29, 1.82) is 0 Å². The molecule has 1 fully saturated rings. The first kappa shape index (κ1) is 13.5. The molecule has 18 heavy (non-hydrogen) atoms. The van der Waals surface area contributed by atoms with Gasteiger partial charge in [-0.3, -0.25) is 4.68 Å². The van der Waals surface area contributed by atoms with Crippen LogP contribution in [0.2, 0.25) is 0 Å². The van der Waals surface area contributed by atoms with Gasteiger partial charge in [0.1, 0.15) is 0 Å². The van der Waals surface area contributed by atoms with Crippen LogP contribution in [-0.2, 0) is 16.5 Å². The summed E-state index contributed by atoms with van der Waals surface area (Å²) in [4.78, 5) is 0. The number of likely N-dealkylation sites (N-methyl/N-ethyl adjacent to an activating group) is 1. The molecule has 0 spiro atoms. The van der Waals surface area contributed by atoms with Crippen molar-refractivity contribution in [2.24, 2.45) is 7.05 Å². The Hall–Kier alpha value is -0.910. The van der Waals surface area contributed by atoms with Crippen molar-refractivity contribution in [3.63, 3.8) is 0 Å². The number of aromatic nitrogens is 2. The van der Waals surface area contributed by atoms with Gasteiger partial charge in [-0.15, -0.1) is 0 Å². The highest BCUT2D eigenvalue weighted by Crippen LogP contribution is 2.37. The van der Waals surface area contributed by atoms with E-state index in [1.807, 2.05) is 31.9 Å². The maximum Gasteiger partial charge on any atom is 0.0935 e. The summed E-state index contributed by atoms with van der Waals surface area (Å²) in [6.45, 7) is 4.29. The van der Waals surface area contributed by atoms with Crippen LogP contribution < -0.4 is 5.32 Å². The minimum atomic E-state index is -0.185. The molecule has 0 aromatic carbocycles. The topological polar surface area (TPSA) is 48.3 Å². The first-order valence-corrected chi connectivity index (χ1v) is 6.60. The van der Waals surface area contributed by atoms with Crippen LogP contribution in [0.1, 0.15) is 31.5 Å². The van der Waals surface area contributed by atoms with Gasteiger partial charge in [0.2, 0.25) is 0 Å². The summed E-state index contributed by atoms with van der Waals surface area (Å²) < 4.78 is 13.5. The van der Waals surface area contributed by atoms with Crippen molar-refractivity contribution < 1.29 is 9.47 Å². The molecule has 1 unspecified atom stereocenters. The molecule has 0 aliphatic carbocycles. The van der Waals surface area contributed by atoms with E-state index in [0.29, 0.717) is 0 Å². The fraction of sp³-hybridized carbons (Fsp3) is 0.769. The van der Waals surface area contributed by atoms with E-state index < -0.39 is 0 Å². The molecular weight excluding hydrogens is 230 g/mol. The monoisotopic (exact) mass is 253 g/mol. The molecule has 0 radical (unpaired) electrons. The maximum absolute atomic E-state index is 6.12. The lowest BCUT2D eigenvalue weighted by atomic mass is 9.84. The highest BCUT2D eigenvalue weighted by molar-refractivity contribution is 5.14. The quantitative estimate of drug-likeness (QED) is 0.858. The van der Waals surface area contributed by atoms with Gasteiger partial charge in [0.05, 0.1) is 17.3 Å². The Bertz CT molecular complexity index is 367. The van der Waals surface area contributed by atoms with E-state index in [1.54, 1.807) is 0 Å². The molecule has 102 valence electrons. The predicted molar refractivity (Wildman–Crippen MR) is 69.4 cm³/mol. The smallest absolute Gasteiger partial charge is 0.0935 e. The maximum atomic E-state index is 6.12. The third kappa shape index (κ3) is 2.43. The van der Waals surface area contributed by atoms with E-state index in [2.05, 4.69) is 16.5 Å². The van der Waals surface area contributed by atoms with Gasteiger partial charge < -0.3 is 14.8 Å². The number of hydrogen-bond donors (Lipinski definition) is 1. The number of nitrogens with one attached hydrogen (secondary N) is 1. The average Bonchev–Trinajstić information content (AvgIpc) is 2.78. The van der Waals surface area contributed by atoms with Crippen molar-refractivity contribution in [2.75, 3.05) is 26.9 Å². The summed E-state index contributed by atoms with van der Waals surface area (Å²) in [5, 5.41) is 7.66. The summed E-state index contributed by atoms with van der Waals surface area (Å²) in [5.41, 5.74) is 0.975. The SMILES string of the molecule is CCOC1(C(NC)c2ccnn2C)CCOCC1. The van der Waals surface area contributed by atoms with E-state index in [9.17, 15) is 0 Å². The van der Waals surface area contributed by atoms with Crippen molar-refractivity contribution in [3.8, 4) is 0 Å². The van der Waals surface area contributed by atoms with Gasteiger partial charge in [-0.2, -0.15) is 5.10 Å². The third-order valence-electron chi connectivity index (χ3n) is 3.74. The minimum Gasteiger partial charge on any atom is -0.381 e. The largest absolute Gasteiger partial charge is 0.381 e. The number of ether oxygens (including phenoxy) is 2. The second-order valence-electron chi connectivity index (χ2n) is 4.71. The second kappa shape index (κ2) is 5.82. The molecule has 1 aliphatic heterocycles. The Labute approximate surface area is 108 Å². The Morgan fingerprint density at radius 2 is 2.28 bits per heavy atom. The van der Waals surface area contributed by atoms with Crippen LogP contribution in [-0.4, -0.2) is 42.2 Å². The number of hydrogen-bond acceptors (Lipinski definition) is 4. The Balaban J connectivity index is 2.29. The summed E-state index contributed by atoms with van der Waals surface area (Å²) >= 11 is 0. The van der Waals surface area contributed by atoms with E-state index in [0.717, 1.165) is 38.4 Å². The third-order valence-corrected chi connectivity index (χ3v) is 3.74. The van der Waals surface area contributed by atoms with Gasteiger partial charge in [-0.25, -0.2) is 0 Å². The fourth-order valence-corrected chi connectivity index (χ4v) is 2.87. The zero-order valence-corrected chi connectivity index (χ0v) is 11.5. The molecule has 1 aromatic heterocycles. The van der Waals surface area contributed by atoms with Crippen LogP contribution in [0, 0.1) is 0 Å². The molecule has 0 saturated carbocycles. The van der Waals surface area contributed by atoms with E-state index >= 15 is 0 Å². The molecule has 0 amide bonds. The molecule has 1 aromatic rings. The zero-order chi connectivity index (χ0) is 13.0. The van der Waals surface area contributed by atoms with Crippen LogP contribution in [0.3, 0.4) is 0 Å². The molecule has 5 heteroatoms. The van der Waals surface area contributed by atoms with Gasteiger partial charge in [0.25, 0.3) is 0 Å². The first-order chi connectivity index (χ1) is 8.73. The highest BCUT2D eigenvalue weighted by Gasteiger charge is 2.42. The molecule has 1 atom stereocenters. The molecule has 1 aliphatic rings. The predicted octanol–water partition coefficient (Wildman–Crippen LogP) is 1.27. The summed E-state index contributed by atoms with van der Waals surface area (Å²) in [6.07, 6.45) is 3.66. The Morgan fingerprint density at radius 1 is 1.56 bits per heavy atom. The standard InChI is InChI=1S/C13H23N3O2/c1-4-18-13(6-9-17-10-7-13)12(14-2)11-5-8-15-16(11)3/h5,8,12,14H,4,6-7,9-10H2,1-3H3. The molecule has 2 heterocycles. The van der Waals surface area contributed by atoms with Crippen LogP contribution in [0.15, 0.2) is 12.3 Å². The van der Waals surface area contributed by atoms with Crippen molar-refractivity contribution >= 4 is 0 Å². The van der Waals surface area contributed by atoms with Crippen LogP contribution in [0.4, 0.5) is 0 Å². The molecule has 1 saturated heterocycles. The van der Waals surface area contributed by atoms with Gasteiger partial charge in [0, 0.05) is 45.9 Å². The van der Waals surface area contributed by atoms with Crippen LogP contribution >= 0.6 is 0 Å². The van der Waals surface area contributed by atoms with E-state index in [-0.39, 0.29) is 11.6 Å². The summed E-state index contributed by atoms with van der Waals surface area (Å²) in [5.74, 6) is 0. The van der Waals surface area contributed by atoms with E-state index in [1.165, 1.54) is 0 Å². The average molecular weight is 253 g/mol. The fourth-order valence-electron chi connectivity index (χ4n) is 2.87.